The predicted molar refractivity (Wildman–Crippen MR) is 110 cm³/mol. The zero-order valence-electron chi connectivity index (χ0n) is 15.7. The Bertz CT molecular complexity index is 879. The van der Waals surface area contributed by atoms with Gasteiger partial charge in [0.1, 0.15) is 0 Å². The third-order valence-corrected chi connectivity index (χ3v) is 5.59. The molecule has 1 amide bonds. The first-order chi connectivity index (χ1) is 13.3. The second kappa shape index (κ2) is 8.40. The van der Waals surface area contributed by atoms with E-state index in [4.69, 9.17) is 0 Å². The fourth-order valence-electron chi connectivity index (χ4n) is 4.08. The number of aromatic nitrogens is 1. The van der Waals surface area contributed by atoms with Gasteiger partial charge in [0.05, 0.1) is 6.54 Å². The van der Waals surface area contributed by atoms with Gasteiger partial charge in [-0.1, -0.05) is 48.5 Å². The van der Waals surface area contributed by atoms with Gasteiger partial charge in [-0.3, -0.25) is 9.69 Å². The van der Waals surface area contributed by atoms with E-state index in [1.807, 2.05) is 18.2 Å². The summed E-state index contributed by atoms with van der Waals surface area (Å²) in [5.41, 5.74) is 3.91. The molecule has 1 aliphatic heterocycles. The smallest absolute Gasteiger partial charge is 0.234 e. The summed E-state index contributed by atoms with van der Waals surface area (Å²) < 4.78 is 0. The van der Waals surface area contributed by atoms with Crippen LogP contribution in [-0.4, -0.2) is 42.0 Å². The number of nitrogens with one attached hydrogen (secondary N) is 2. The van der Waals surface area contributed by atoms with Crippen molar-refractivity contribution in [1.82, 2.24) is 15.2 Å². The highest BCUT2D eigenvalue weighted by Crippen LogP contribution is 2.32. The van der Waals surface area contributed by atoms with Gasteiger partial charge in [0.2, 0.25) is 5.91 Å². The topological polar surface area (TPSA) is 48.1 Å². The molecule has 2 N–H and O–H groups in total. The zero-order chi connectivity index (χ0) is 18.5. The van der Waals surface area contributed by atoms with Crippen LogP contribution in [0.3, 0.4) is 0 Å². The molecule has 140 valence electrons. The van der Waals surface area contributed by atoms with E-state index in [9.17, 15) is 4.79 Å². The number of fused-ring (bicyclic) bond motifs is 1. The van der Waals surface area contributed by atoms with Gasteiger partial charge >= 0.3 is 0 Å². The molecule has 3 aromatic rings. The minimum atomic E-state index is 0.136. The van der Waals surface area contributed by atoms with Gasteiger partial charge in [-0.05, 0) is 55.5 Å². The van der Waals surface area contributed by atoms with Gasteiger partial charge in [-0.15, -0.1) is 0 Å². The molecule has 1 saturated heterocycles. The van der Waals surface area contributed by atoms with Gasteiger partial charge in [0, 0.05) is 23.6 Å². The van der Waals surface area contributed by atoms with Gasteiger partial charge in [-0.25, -0.2) is 0 Å². The van der Waals surface area contributed by atoms with Crippen LogP contribution in [0.15, 0.2) is 60.8 Å². The van der Waals surface area contributed by atoms with Gasteiger partial charge in [0.15, 0.2) is 0 Å². The van der Waals surface area contributed by atoms with Crippen LogP contribution in [0.2, 0.25) is 0 Å². The Balaban J connectivity index is 1.23. The summed E-state index contributed by atoms with van der Waals surface area (Å²) in [6.45, 7) is 3.18. The van der Waals surface area contributed by atoms with Crippen LogP contribution in [-0.2, 0) is 11.2 Å². The first-order valence-electron chi connectivity index (χ1n) is 9.88. The summed E-state index contributed by atoms with van der Waals surface area (Å²) in [6.07, 6.45) is 5.27. The molecule has 1 fully saturated rings. The maximum Gasteiger partial charge on any atom is 0.234 e. The van der Waals surface area contributed by atoms with E-state index in [1.165, 1.54) is 22.0 Å². The second-order valence-corrected chi connectivity index (χ2v) is 7.43. The van der Waals surface area contributed by atoms with Gasteiger partial charge < -0.3 is 10.3 Å². The minimum absolute atomic E-state index is 0.136. The monoisotopic (exact) mass is 361 g/mol. The summed E-state index contributed by atoms with van der Waals surface area (Å²) in [4.78, 5) is 17.9. The molecular weight excluding hydrogens is 334 g/mol. The minimum Gasteiger partial charge on any atom is -0.361 e. The Morgan fingerprint density at radius 3 is 2.59 bits per heavy atom. The summed E-state index contributed by atoms with van der Waals surface area (Å²) >= 11 is 0. The number of piperidine rings is 1. The number of aromatic amines is 1. The molecule has 1 aromatic heterocycles. The quantitative estimate of drug-likeness (QED) is 0.703. The number of benzene rings is 2. The van der Waals surface area contributed by atoms with Crippen LogP contribution in [0.1, 0.15) is 29.9 Å². The maximum absolute atomic E-state index is 12.2. The van der Waals surface area contributed by atoms with E-state index in [0.29, 0.717) is 19.0 Å². The van der Waals surface area contributed by atoms with Crippen LogP contribution in [0.4, 0.5) is 0 Å². The standard InChI is InChI=1S/C23H27N3O/c27-23(24-13-10-18-6-2-1-3-7-18)17-26-14-11-19(12-15-26)21-16-25-22-9-5-4-8-20(21)22/h1-9,16,19,25H,10-15,17H2,(H,24,27). The van der Waals surface area contributed by atoms with Crippen molar-refractivity contribution >= 4 is 16.8 Å². The summed E-state index contributed by atoms with van der Waals surface area (Å²) in [6, 6.07) is 18.8. The van der Waals surface area contributed by atoms with Crippen LogP contribution < -0.4 is 5.32 Å². The van der Waals surface area contributed by atoms with Crippen LogP contribution in [0.5, 0.6) is 0 Å². The molecule has 0 atom stereocenters. The first kappa shape index (κ1) is 17.8. The Hall–Kier alpha value is -2.59. The number of nitrogens with zero attached hydrogens (tertiary/aromatic N) is 1. The van der Waals surface area contributed by atoms with E-state index >= 15 is 0 Å². The average Bonchev–Trinajstić information content (AvgIpc) is 3.14. The molecule has 0 saturated carbocycles. The number of H-pyrrole nitrogens is 1. The van der Waals surface area contributed by atoms with Crippen LogP contribution in [0.25, 0.3) is 10.9 Å². The number of carbonyl (C=O) groups is 1. The normalized spacial score (nSPS) is 15.9. The highest BCUT2D eigenvalue weighted by Gasteiger charge is 2.23. The van der Waals surface area contributed by atoms with Crippen molar-refractivity contribution in [1.29, 1.82) is 0 Å². The van der Waals surface area contributed by atoms with Crippen molar-refractivity contribution in [2.45, 2.75) is 25.2 Å². The highest BCUT2D eigenvalue weighted by molar-refractivity contribution is 5.83. The fraction of sp³-hybridized carbons (Fsp3) is 0.348. The molecule has 0 unspecified atom stereocenters. The third kappa shape index (κ3) is 4.40. The lowest BCUT2D eigenvalue weighted by atomic mass is 9.89. The lowest BCUT2D eigenvalue weighted by Gasteiger charge is -2.31. The maximum atomic E-state index is 12.2. The summed E-state index contributed by atoms with van der Waals surface area (Å²) in [7, 11) is 0. The van der Waals surface area contributed by atoms with E-state index < -0.39 is 0 Å². The SMILES string of the molecule is O=C(CN1CCC(c2c[nH]c3ccccc23)CC1)NCCc1ccccc1. The molecule has 1 aliphatic rings. The van der Waals surface area contributed by atoms with Crippen molar-refractivity contribution in [2.75, 3.05) is 26.2 Å². The Labute approximate surface area is 160 Å². The van der Waals surface area contributed by atoms with Crippen molar-refractivity contribution in [3.8, 4) is 0 Å². The molecule has 27 heavy (non-hydrogen) atoms. The molecule has 0 bridgehead atoms. The van der Waals surface area contributed by atoms with Crippen LogP contribution in [0, 0.1) is 0 Å². The molecule has 4 rings (SSSR count). The number of hydrogen-bond acceptors (Lipinski definition) is 2. The number of hydrogen-bond donors (Lipinski definition) is 2. The number of para-hydroxylation sites is 1. The lowest BCUT2D eigenvalue weighted by molar-refractivity contribution is -0.122. The van der Waals surface area contributed by atoms with E-state index in [-0.39, 0.29) is 5.91 Å². The van der Waals surface area contributed by atoms with E-state index in [2.05, 4.69) is 57.8 Å². The Morgan fingerprint density at radius 1 is 1.04 bits per heavy atom. The lowest BCUT2D eigenvalue weighted by Crippen LogP contribution is -2.41. The van der Waals surface area contributed by atoms with E-state index in [0.717, 1.165) is 32.4 Å². The molecule has 2 aromatic carbocycles. The van der Waals surface area contributed by atoms with Gasteiger partial charge in [-0.2, -0.15) is 0 Å². The van der Waals surface area contributed by atoms with Crippen molar-refractivity contribution < 1.29 is 4.79 Å². The Kier molecular flexibility index (Phi) is 5.54. The van der Waals surface area contributed by atoms with Crippen molar-refractivity contribution in [3.63, 3.8) is 0 Å². The molecule has 2 heterocycles. The number of rotatable bonds is 6. The Morgan fingerprint density at radius 2 is 1.78 bits per heavy atom. The number of amides is 1. The molecule has 0 radical (unpaired) electrons. The number of likely N-dealkylation sites (tertiary alicyclic amines) is 1. The molecular formula is C23H27N3O. The van der Waals surface area contributed by atoms with Crippen LogP contribution >= 0.6 is 0 Å². The molecule has 0 aliphatic carbocycles. The zero-order valence-corrected chi connectivity index (χ0v) is 15.7. The number of carbonyl (C=O) groups excluding carboxylic acids is 1. The molecule has 4 heteroatoms. The van der Waals surface area contributed by atoms with Crippen molar-refractivity contribution in [2.24, 2.45) is 0 Å². The average molecular weight is 361 g/mol. The summed E-state index contributed by atoms with van der Waals surface area (Å²) in [5.74, 6) is 0.718. The molecule has 4 nitrogen and oxygen atoms in total. The van der Waals surface area contributed by atoms with Crippen molar-refractivity contribution in [3.05, 3.63) is 71.9 Å². The highest BCUT2D eigenvalue weighted by atomic mass is 16.2. The first-order valence-corrected chi connectivity index (χ1v) is 9.88. The fourth-order valence-corrected chi connectivity index (χ4v) is 4.08. The van der Waals surface area contributed by atoms with E-state index in [1.54, 1.807) is 0 Å². The second-order valence-electron chi connectivity index (χ2n) is 7.43. The third-order valence-electron chi connectivity index (χ3n) is 5.59. The molecule has 0 spiro atoms. The largest absolute Gasteiger partial charge is 0.361 e. The summed E-state index contributed by atoms with van der Waals surface area (Å²) in [5, 5.41) is 4.40. The predicted octanol–water partition coefficient (Wildman–Crippen LogP) is 3.71. The van der Waals surface area contributed by atoms with Gasteiger partial charge in [0.25, 0.3) is 0 Å².